The number of hydrogen-bond acceptors (Lipinski definition) is 4. The number of methoxy groups -OCH3 is 1. The Morgan fingerprint density at radius 3 is 2.67 bits per heavy atom. The van der Waals surface area contributed by atoms with E-state index in [0.717, 1.165) is 42.7 Å². The molecular formula is C15H21BrN2OS2. The number of benzene rings is 1. The maximum absolute atomic E-state index is 5.94. The third-order valence-corrected chi connectivity index (χ3v) is 6.85. The lowest BCUT2D eigenvalue weighted by Crippen LogP contribution is -2.48. The topological polar surface area (TPSA) is 38.5 Å². The zero-order valence-corrected chi connectivity index (χ0v) is 15.6. The maximum Gasteiger partial charge on any atom is 0.119 e. The summed E-state index contributed by atoms with van der Waals surface area (Å²) >= 11 is 10.7. The number of thioether (sulfide) groups is 1. The molecule has 0 aliphatic carbocycles. The van der Waals surface area contributed by atoms with Gasteiger partial charge in [0.2, 0.25) is 0 Å². The van der Waals surface area contributed by atoms with Gasteiger partial charge in [0.05, 0.1) is 16.8 Å². The molecule has 0 amide bonds. The third kappa shape index (κ3) is 3.92. The predicted octanol–water partition coefficient (Wildman–Crippen LogP) is 3.44. The van der Waals surface area contributed by atoms with Gasteiger partial charge < -0.3 is 10.5 Å². The normalized spacial score (nSPS) is 18.4. The Labute approximate surface area is 144 Å². The lowest BCUT2D eigenvalue weighted by atomic mass is 9.95. The lowest BCUT2D eigenvalue weighted by molar-refractivity contribution is 0.212. The van der Waals surface area contributed by atoms with Gasteiger partial charge in [-0.15, -0.1) is 0 Å². The monoisotopic (exact) mass is 388 g/mol. The van der Waals surface area contributed by atoms with Crippen LogP contribution in [-0.4, -0.2) is 41.1 Å². The highest BCUT2D eigenvalue weighted by atomic mass is 79.9. The van der Waals surface area contributed by atoms with Crippen molar-refractivity contribution in [2.75, 3.05) is 26.5 Å². The minimum absolute atomic E-state index is 0.0164. The number of hydrogen-bond donors (Lipinski definition) is 1. The second kappa shape index (κ2) is 7.31. The smallest absolute Gasteiger partial charge is 0.119 e. The Bertz CT molecular complexity index is 516. The number of thiocarbonyl (C=S) groups is 1. The van der Waals surface area contributed by atoms with Gasteiger partial charge in [-0.1, -0.05) is 28.1 Å². The van der Waals surface area contributed by atoms with Gasteiger partial charge in [0.1, 0.15) is 5.75 Å². The van der Waals surface area contributed by atoms with Gasteiger partial charge in [0, 0.05) is 24.1 Å². The summed E-state index contributed by atoms with van der Waals surface area (Å²) in [4.78, 5) is 3.10. The largest absolute Gasteiger partial charge is 0.497 e. The molecule has 21 heavy (non-hydrogen) atoms. The van der Waals surface area contributed by atoms with Gasteiger partial charge >= 0.3 is 0 Å². The average molecular weight is 389 g/mol. The second-order valence-corrected chi connectivity index (χ2v) is 7.78. The van der Waals surface area contributed by atoms with Gasteiger partial charge in [-0.2, -0.15) is 11.8 Å². The second-order valence-electron chi connectivity index (χ2n) is 5.30. The summed E-state index contributed by atoms with van der Waals surface area (Å²) < 4.78 is 6.41. The van der Waals surface area contributed by atoms with Crippen LogP contribution in [0.25, 0.3) is 0 Å². The fraction of sp³-hybridized carbons (Fsp3) is 0.533. The lowest BCUT2D eigenvalue weighted by Gasteiger charge is -2.40. The van der Waals surface area contributed by atoms with E-state index in [9.17, 15) is 0 Å². The number of ether oxygens (including phenoxy) is 1. The molecule has 116 valence electrons. The molecular weight excluding hydrogens is 368 g/mol. The molecule has 0 aromatic heterocycles. The van der Waals surface area contributed by atoms with Crippen LogP contribution in [0.1, 0.15) is 18.4 Å². The van der Waals surface area contributed by atoms with Crippen LogP contribution in [0.2, 0.25) is 0 Å². The Balaban J connectivity index is 2.02. The molecule has 1 saturated heterocycles. The summed E-state index contributed by atoms with van der Waals surface area (Å²) in [7, 11) is 1.70. The van der Waals surface area contributed by atoms with Crippen LogP contribution in [0.3, 0.4) is 0 Å². The summed E-state index contributed by atoms with van der Waals surface area (Å²) in [5.74, 6) is 0.895. The van der Waals surface area contributed by atoms with Gasteiger partial charge in [-0.3, -0.25) is 4.90 Å². The number of halogens is 1. The van der Waals surface area contributed by atoms with Gasteiger partial charge in [0.15, 0.2) is 0 Å². The van der Waals surface area contributed by atoms with Crippen molar-refractivity contribution in [2.45, 2.75) is 24.1 Å². The molecule has 3 nitrogen and oxygen atoms in total. The summed E-state index contributed by atoms with van der Waals surface area (Å²) in [5, 5.41) is 0. The first-order chi connectivity index (χ1) is 10.0. The van der Waals surface area contributed by atoms with Crippen molar-refractivity contribution in [3.8, 4) is 5.75 Å². The molecule has 0 spiro atoms. The molecule has 2 N–H and O–H groups in total. The number of likely N-dealkylation sites (tertiary alicyclic amines) is 1. The SMILES string of the molecule is COc1ccc(Br)c(CN2CCC(SC)(C(N)=S)CC2)c1. The van der Waals surface area contributed by atoms with E-state index in [1.165, 1.54) is 5.56 Å². The first-order valence-electron chi connectivity index (χ1n) is 6.90. The van der Waals surface area contributed by atoms with Gasteiger partial charge in [-0.25, -0.2) is 0 Å². The number of nitrogens with two attached hydrogens (primary N) is 1. The van der Waals surface area contributed by atoms with E-state index in [1.807, 2.05) is 12.1 Å². The number of rotatable bonds is 5. The minimum Gasteiger partial charge on any atom is -0.497 e. The zero-order valence-electron chi connectivity index (χ0n) is 12.4. The highest BCUT2D eigenvalue weighted by Crippen LogP contribution is 2.35. The highest BCUT2D eigenvalue weighted by Gasteiger charge is 2.36. The molecule has 1 aliphatic heterocycles. The summed E-state index contributed by atoms with van der Waals surface area (Å²) in [6.45, 7) is 2.95. The number of nitrogens with zero attached hydrogens (tertiary/aromatic N) is 1. The standard InChI is InChI=1S/C15H21BrN2OS2/c1-19-12-3-4-13(16)11(9-12)10-18-7-5-15(21-2,6-8-18)14(17)20/h3-4,9H,5-8,10H2,1-2H3,(H2,17,20). The van der Waals surface area contributed by atoms with E-state index in [2.05, 4.69) is 33.2 Å². The van der Waals surface area contributed by atoms with E-state index in [1.54, 1.807) is 18.9 Å². The Morgan fingerprint density at radius 2 is 2.14 bits per heavy atom. The Hall–Kier alpha value is -0.300. The molecule has 6 heteroatoms. The van der Waals surface area contributed by atoms with Crippen LogP contribution < -0.4 is 10.5 Å². The fourth-order valence-corrected chi connectivity index (χ4v) is 4.28. The van der Waals surface area contributed by atoms with Crippen LogP contribution in [0, 0.1) is 0 Å². The van der Waals surface area contributed by atoms with E-state index >= 15 is 0 Å². The van der Waals surface area contributed by atoms with E-state index in [-0.39, 0.29) is 4.75 Å². The molecule has 0 bridgehead atoms. The first-order valence-corrected chi connectivity index (χ1v) is 9.33. The average Bonchev–Trinajstić information content (AvgIpc) is 2.50. The number of piperidine rings is 1. The van der Waals surface area contributed by atoms with Crippen molar-refractivity contribution in [2.24, 2.45) is 5.73 Å². The highest BCUT2D eigenvalue weighted by molar-refractivity contribution is 9.10. The molecule has 2 rings (SSSR count). The first kappa shape index (κ1) is 17.1. The van der Waals surface area contributed by atoms with Crippen molar-refractivity contribution in [3.05, 3.63) is 28.2 Å². The quantitative estimate of drug-likeness (QED) is 0.781. The molecule has 1 aromatic carbocycles. The van der Waals surface area contributed by atoms with Gasteiger partial charge in [0.25, 0.3) is 0 Å². The van der Waals surface area contributed by atoms with Crippen molar-refractivity contribution in [1.29, 1.82) is 0 Å². The van der Waals surface area contributed by atoms with Crippen LogP contribution in [0.15, 0.2) is 22.7 Å². The molecule has 0 atom stereocenters. The Kier molecular flexibility index (Phi) is 5.94. The molecule has 1 heterocycles. The van der Waals surface area contributed by atoms with Crippen LogP contribution >= 0.6 is 39.9 Å². The van der Waals surface area contributed by atoms with Crippen molar-refractivity contribution in [3.63, 3.8) is 0 Å². The predicted molar refractivity (Wildman–Crippen MR) is 98.2 cm³/mol. The third-order valence-electron chi connectivity index (χ3n) is 4.15. The van der Waals surface area contributed by atoms with Crippen LogP contribution in [0.4, 0.5) is 0 Å². The Morgan fingerprint density at radius 1 is 1.48 bits per heavy atom. The van der Waals surface area contributed by atoms with Crippen LogP contribution in [-0.2, 0) is 6.54 Å². The summed E-state index contributed by atoms with van der Waals surface area (Å²) in [6.07, 6.45) is 4.14. The maximum atomic E-state index is 5.94. The van der Waals surface area contributed by atoms with E-state index in [4.69, 9.17) is 22.7 Å². The molecule has 1 aromatic rings. The van der Waals surface area contributed by atoms with Crippen molar-refractivity contribution < 1.29 is 4.74 Å². The zero-order chi connectivity index (χ0) is 15.5. The fourth-order valence-electron chi connectivity index (χ4n) is 2.66. The molecule has 1 fully saturated rings. The van der Waals surface area contributed by atoms with E-state index < -0.39 is 0 Å². The van der Waals surface area contributed by atoms with E-state index in [0.29, 0.717) is 4.99 Å². The minimum atomic E-state index is -0.0164. The molecule has 0 unspecified atom stereocenters. The molecule has 0 radical (unpaired) electrons. The summed E-state index contributed by atoms with van der Waals surface area (Å²) in [5.41, 5.74) is 7.19. The molecule has 1 aliphatic rings. The molecule has 0 saturated carbocycles. The summed E-state index contributed by atoms with van der Waals surface area (Å²) in [6, 6.07) is 6.10. The van der Waals surface area contributed by atoms with Gasteiger partial charge in [-0.05, 0) is 42.9 Å². The van der Waals surface area contributed by atoms with Crippen molar-refractivity contribution in [1.82, 2.24) is 4.90 Å². The van der Waals surface area contributed by atoms with Crippen LogP contribution in [0.5, 0.6) is 5.75 Å². The van der Waals surface area contributed by atoms with Crippen molar-refractivity contribution >= 4 is 44.9 Å².